The monoisotopic (exact) mass is 743 g/mol. The molecule has 0 saturated carbocycles. The van der Waals surface area contributed by atoms with Gasteiger partial charge in [0.25, 0.3) is 15.9 Å². The first-order valence-corrected chi connectivity index (χ1v) is 19.6. The van der Waals surface area contributed by atoms with E-state index in [0.29, 0.717) is 29.1 Å². The normalized spacial score (nSPS) is 19.2. The van der Waals surface area contributed by atoms with Crippen LogP contribution in [-0.4, -0.2) is 71.0 Å². The van der Waals surface area contributed by atoms with Crippen molar-refractivity contribution < 1.29 is 22.7 Å². The lowest BCUT2D eigenvalue weighted by Crippen LogP contribution is -2.45. The number of rotatable bonds is 9. The number of fused-ring (bicyclic) bond motifs is 4. The molecule has 0 spiro atoms. The molecule has 1 saturated heterocycles. The van der Waals surface area contributed by atoms with E-state index in [1.54, 1.807) is 35.5 Å². The SMILES string of the molecule is C/C=C/C=C\C(=C\c1nc2nc(c1C)OC[C@@H](CC(C)(C)C)N(Cc1cnc(N3CCC(C)(C)C3)cn1)C(=O)c1cccc(c1)S(=O)(=O)N2)OC(C)C. The summed E-state index contributed by atoms with van der Waals surface area (Å²) in [5.41, 5.74) is 1.79. The Morgan fingerprint density at radius 1 is 1.15 bits per heavy atom. The second-order valence-electron chi connectivity index (χ2n) is 16.0. The van der Waals surface area contributed by atoms with Crippen molar-refractivity contribution in [2.24, 2.45) is 10.8 Å². The van der Waals surface area contributed by atoms with Crippen molar-refractivity contribution in [3.05, 3.63) is 89.2 Å². The zero-order valence-corrected chi connectivity index (χ0v) is 33.2. The van der Waals surface area contributed by atoms with Crippen molar-refractivity contribution >= 4 is 33.8 Å². The molecule has 3 aromatic rings. The number of nitrogens with one attached hydrogen (secondary N) is 1. The molecule has 0 aliphatic carbocycles. The molecule has 4 bridgehead atoms. The largest absolute Gasteiger partial charge is 0.491 e. The lowest BCUT2D eigenvalue weighted by molar-refractivity contribution is 0.0508. The molecule has 12 nitrogen and oxygen atoms in total. The quantitative estimate of drug-likeness (QED) is 0.175. The van der Waals surface area contributed by atoms with Crippen LogP contribution in [-0.2, 0) is 21.3 Å². The zero-order chi connectivity index (χ0) is 38.6. The fourth-order valence-corrected chi connectivity index (χ4v) is 7.34. The van der Waals surface area contributed by atoms with Gasteiger partial charge in [-0.3, -0.25) is 9.78 Å². The molecule has 1 fully saturated rings. The Morgan fingerprint density at radius 3 is 2.57 bits per heavy atom. The van der Waals surface area contributed by atoms with Crippen molar-refractivity contribution in [2.45, 2.75) is 98.7 Å². The van der Waals surface area contributed by atoms with E-state index >= 15 is 0 Å². The number of sulfonamides is 1. The van der Waals surface area contributed by atoms with Crippen molar-refractivity contribution in [3.63, 3.8) is 0 Å². The first kappa shape index (κ1) is 39.4. The minimum Gasteiger partial charge on any atom is -0.491 e. The molecule has 13 heteroatoms. The Hall–Kier alpha value is -4.78. The molecule has 1 N–H and O–H groups in total. The Balaban J connectivity index is 1.60. The second-order valence-corrected chi connectivity index (χ2v) is 17.6. The van der Waals surface area contributed by atoms with Gasteiger partial charge in [0.2, 0.25) is 11.8 Å². The molecule has 4 heterocycles. The van der Waals surface area contributed by atoms with Gasteiger partial charge >= 0.3 is 0 Å². The maximum absolute atomic E-state index is 14.5. The molecule has 1 amide bonds. The van der Waals surface area contributed by atoms with Gasteiger partial charge in [0.15, 0.2) is 0 Å². The number of hydrogen-bond acceptors (Lipinski definition) is 10. The van der Waals surface area contributed by atoms with Crippen molar-refractivity contribution in [1.82, 2.24) is 24.8 Å². The van der Waals surface area contributed by atoms with E-state index < -0.39 is 16.1 Å². The molecule has 0 unspecified atom stereocenters. The molecular weight excluding hydrogens is 691 g/mol. The summed E-state index contributed by atoms with van der Waals surface area (Å²) in [6, 6.07) is 5.53. The van der Waals surface area contributed by atoms with Crippen LogP contribution in [0, 0.1) is 17.8 Å². The highest BCUT2D eigenvalue weighted by Gasteiger charge is 2.33. The summed E-state index contributed by atoms with van der Waals surface area (Å²) in [7, 11) is -4.22. The number of carbonyl (C=O) groups excluding carboxylic acids is 1. The average molecular weight is 744 g/mol. The number of nitrogens with zero attached hydrogens (tertiary/aromatic N) is 6. The zero-order valence-electron chi connectivity index (χ0n) is 32.4. The molecule has 2 aliphatic heterocycles. The first-order valence-electron chi connectivity index (χ1n) is 18.1. The molecule has 284 valence electrons. The lowest BCUT2D eigenvalue weighted by Gasteiger charge is -2.35. The first-order chi connectivity index (χ1) is 24.9. The van der Waals surface area contributed by atoms with Crippen LogP contribution < -0.4 is 14.4 Å². The maximum Gasteiger partial charge on any atom is 0.264 e. The predicted octanol–water partition coefficient (Wildman–Crippen LogP) is 7.35. The van der Waals surface area contributed by atoms with Crippen LogP contribution in [0.1, 0.15) is 95.5 Å². The molecule has 2 aliphatic rings. The molecule has 1 aromatic carbocycles. The van der Waals surface area contributed by atoms with E-state index in [1.807, 2.05) is 52.0 Å². The van der Waals surface area contributed by atoms with Crippen LogP contribution in [0.4, 0.5) is 11.8 Å². The molecule has 5 rings (SSSR count). The van der Waals surface area contributed by atoms with Crippen molar-refractivity contribution in [3.8, 4) is 5.88 Å². The number of anilines is 2. The minimum atomic E-state index is -4.22. The number of ether oxygens (including phenoxy) is 2. The highest BCUT2D eigenvalue weighted by atomic mass is 32.2. The summed E-state index contributed by atoms with van der Waals surface area (Å²) in [5, 5.41) is 0. The van der Waals surface area contributed by atoms with Gasteiger partial charge in [-0.1, -0.05) is 58.9 Å². The number of amides is 1. The number of allylic oxidation sites excluding steroid dienone is 4. The summed E-state index contributed by atoms with van der Waals surface area (Å²) in [5.74, 6) is 0.978. The fourth-order valence-electron chi connectivity index (χ4n) is 6.35. The topological polar surface area (TPSA) is 140 Å². The summed E-state index contributed by atoms with van der Waals surface area (Å²) < 4.78 is 42.6. The standard InChI is InChI=1S/C40H53N7O5S/c1-10-11-12-15-32(52-27(2)3)20-34-28(4)36-44-38(43-34)45-53(49,50)33-16-13-14-29(19-33)37(48)47(31(25-51-36)21-39(5,6)7)24-30-22-42-35(23-41-30)46-18-17-40(8,9)26-46/h10-16,19-20,22-23,27,31H,17-18,21,24-26H2,1-9H3,(H,43,44,45)/b11-10+,15-12-,32-20-/t31-/m1/s1. The van der Waals surface area contributed by atoms with Gasteiger partial charge < -0.3 is 19.3 Å². The summed E-state index contributed by atoms with van der Waals surface area (Å²) in [6.45, 7) is 20.4. The van der Waals surface area contributed by atoms with Crippen LogP contribution in [0.5, 0.6) is 5.88 Å². The molecule has 2 aromatic heterocycles. The molecule has 1 atom stereocenters. The van der Waals surface area contributed by atoms with Crippen molar-refractivity contribution in [1.29, 1.82) is 0 Å². The van der Waals surface area contributed by atoms with Crippen LogP contribution in [0.15, 0.2) is 71.6 Å². The third kappa shape index (κ3) is 10.4. The number of carbonyl (C=O) groups is 1. The summed E-state index contributed by atoms with van der Waals surface area (Å²) >= 11 is 0. The predicted molar refractivity (Wildman–Crippen MR) is 208 cm³/mol. The number of hydrogen-bond donors (Lipinski definition) is 1. The van der Waals surface area contributed by atoms with Crippen molar-refractivity contribution in [2.75, 3.05) is 29.3 Å². The van der Waals surface area contributed by atoms with E-state index in [1.165, 1.54) is 12.1 Å². The minimum absolute atomic E-state index is 0.0703. The van der Waals surface area contributed by atoms with E-state index in [-0.39, 0.29) is 58.3 Å². The highest BCUT2D eigenvalue weighted by molar-refractivity contribution is 7.92. The van der Waals surface area contributed by atoms with Gasteiger partial charge in [-0.2, -0.15) is 4.98 Å². The van der Waals surface area contributed by atoms with Gasteiger partial charge in [-0.25, -0.2) is 23.1 Å². The Bertz CT molecular complexity index is 1980. The maximum atomic E-state index is 14.5. The van der Waals surface area contributed by atoms with Crippen LogP contribution in [0.25, 0.3) is 6.08 Å². The molecular formula is C40H53N7O5S. The fraction of sp³-hybridized carbons (Fsp3) is 0.475. The van der Waals surface area contributed by atoms with E-state index in [4.69, 9.17) is 19.4 Å². The number of benzene rings is 1. The lowest BCUT2D eigenvalue weighted by atomic mass is 9.87. The third-order valence-electron chi connectivity index (χ3n) is 8.96. The van der Waals surface area contributed by atoms with Gasteiger partial charge in [0.1, 0.15) is 18.2 Å². The van der Waals surface area contributed by atoms with Gasteiger partial charge in [-0.05, 0) is 75.6 Å². The van der Waals surface area contributed by atoms with E-state index in [9.17, 15) is 13.2 Å². The van der Waals surface area contributed by atoms with Crippen LogP contribution >= 0.6 is 0 Å². The molecule has 53 heavy (non-hydrogen) atoms. The average Bonchev–Trinajstić information content (AvgIpc) is 3.45. The smallest absolute Gasteiger partial charge is 0.264 e. The highest BCUT2D eigenvalue weighted by Crippen LogP contribution is 2.32. The summed E-state index contributed by atoms with van der Waals surface area (Å²) in [4.78, 5) is 37.0. The van der Waals surface area contributed by atoms with Crippen LogP contribution in [0.3, 0.4) is 0 Å². The third-order valence-corrected chi connectivity index (χ3v) is 10.3. The Kier molecular flexibility index (Phi) is 12.0. The molecule has 0 radical (unpaired) electrons. The van der Waals surface area contributed by atoms with Gasteiger partial charge in [-0.15, -0.1) is 0 Å². The Labute approximate surface area is 314 Å². The van der Waals surface area contributed by atoms with Gasteiger partial charge in [0.05, 0.1) is 47.4 Å². The van der Waals surface area contributed by atoms with E-state index in [0.717, 1.165) is 25.3 Å². The second kappa shape index (κ2) is 16.1. The van der Waals surface area contributed by atoms with E-state index in [2.05, 4.69) is 54.2 Å². The Morgan fingerprint density at radius 2 is 1.92 bits per heavy atom. The van der Waals surface area contributed by atoms with Crippen LogP contribution in [0.2, 0.25) is 0 Å². The number of aromatic nitrogens is 4. The summed E-state index contributed by atoms with van der Waals surface area (Å²) in [6.07, 6.45) is 14.2. The van der Waals surface area contributed by atoms with Gasteiger partial charge in [0, 0.05) is 30.3 Å².